The molecule has 3 aliphatic rings. The number of esters is 1. The Kier molecular flexibility index (Phi) is 6.23. The van der Waals surface area contributed by atoms with Crippen LogP contribution in [0.1, 0.15) is 42.0 Å². The minimum Gasteiger partial charge on any atom is -0.465 e. The van der Waals surface area contributed by atoms with E-state index in [0.29, 0.717) is 28.5 Å². The van der Waals surface area contributed by atoms with Gasteiger partial charge in [-0.3, -0.25) is 19.3 Å². The summed E-state index contributed by atoms with van der Waals surface area (Å²) >= 11 is 1.45. The van der Waals surface area contributed by atoms with Gasteiger partial charge in [0, 0.05) is 40.1 Å². The third-order valence-corrected chi connectivity index (χ3v) is 8.26. The van der Waals surface area contributed by atoms with E-state index in [4.69, 9.17) is 14.2 Å². The topological polar surface area (TPSA) is 82.1 Å². The van der Waals surface area contributed by atoms with Crippen LogP contribution in [-0.2, 0) is 19.1 Å². The van der Waals surface area contributed by atoms with Crippen LogP contribution in [-0.4, -0.2) is 31.1 Å². The van der Waals surface area contributed by atoms with Gasteiger partial charge >= 0.3 is 5.97 Å². The molecule has 194 valence electrons. The van der Waals surface area contributed by atoms with Gasteiger partial charge in [0.1, 0.15) is 11.7 Å². The first-order valence-corrected chi connectivity index (χ1v) is 13.3. The van der Waals surface area contributed by atoms with E-state index in [1.54, 1.807) is 19.1 Å². The van der Waals surface area contributed by atoms with Gasteiger partial charge in [-0.05, 0) is 66.8 Å². The monoisotopic (exact) mass is 533 g/mol. The van der Waals surface area contributed by atoms with E-state index in [0.717, 1.165) is 10.4 Å². The summed E-state index contributed by atoms with van der Waals surface area (Å²) in [5.41, 5.74) is 2.12. The van der Waals surface area contributed by atoms with Gasteiger partial charge in [0.2, 0.25) is 12.7 Å². The number of Topliss-reactive ketones (excluding diaryl/α,β-unsaturated/α-hetero) is 1. The van der Waals surface area contributed by atoms with Crippen LogP contribution < -0.4 is 14.4 Å². The van der Waals surface area contributed by atoms with Crippen molar-refractivity contribution in [3.8, 4) is 11.5 Å². The summed E-state index contributed by atoms with van der Waals surface area (Å²) in [5.74, 6) is -2.55. The summed E-state index contributed by atoms with van der Waals surface area (Å²) in [7, 11) is 0. The first-order chi connectivity index (χ1) is 18.5. The van der Waals surface area contributed by atoms with E-state index >= 15 is 0 Å². The maximum Gasteiger partial charge on any atom is 0.317 e. The zero-order chi connectivity index (χ0) is 26.4. The van der Waals surface area contributed by atoms with Gasteiger partial charge < -0.3 is 14.2 Å². The molecule has 0 radical (unpaired) electrons. The van der Waals surface area contributed by atoms with Crippen LogP contribution in [0.3, 0.4) is 0 Å². The van der Waals surface area contributed by atoms with Crippen molar-refractivity contribution in [1.29, 1.82) is 0 Å². The van der Waals surface area contributed by atoms with Crippen LogP contribution in [0.5, 0.6) is 11.5 Å². The fourth-order valence-corrected chi connectivity index (χ4v) is 6.47. The van der Waals surface area contributed by atoms with Crippen molar-refractivity contribution in [2.75, 3.05) is 18.3 Å². The average molecular weight is 534 g/mol. The lowest BCUT2D eigenvalue weighted by atomic mass is 9.69. The van der Waals surface area contributed by atoms with Crippen molar-refractivity contribution in [2.45, 2.75) is 31.6 Å². The minimum absolute atomic E-state index is 0.000801. The molecule has 3 unspecified atom stereocenters. The Morgan fingerprint density at radius 1 is 1.08 bits per heavy atom. The molecule has 0 fully saturated rings. The van der Waals surface area contributed by atoms with Crippen molar-refractivity contribution in [1.82, 2.24) is 0 Å². The Labute approximate surface area is 222 Å². The number of carbonyl (C=O) groups is 3. The molecule has 2 aromatic carbocycles. The van der Waals surface area contributed by atoms with Gasteiger partial charge in [-0.2, -0.15) is 0 Å². The number of carbonyl (C=O) groups excluding carboxylic acids is 3. The lowest BCUT2D eigenvalue weighted by Gasteiger charge is -2.42. The molecule has 0 N–H and O–H groups in total. The van der Waals surface area contributed by atoms with Gasteiger partial charge in [0.15, 0.2) is 17.3 Å². The highest BCUT2D eigenvalue weighted by molar-refractivity contribution is 7.10. The molecule has 6 rings (SSSR count). The number of nitrogens with zero attached hydrogens (tertiary/aromatic N) is 1. The predicted molar refractivity (Wildman–Crippen MR) is 138 cm³/mol. The van der Waals surface area contributed by atoms with Crippen LogP contribution in [0.4, 0.5) is 10.1 Å². The largest absolute Gasteiger partial charge is 0.465 e. The number of fused-ring (bicyclic) bond motifs is 1. The fourth-order valence-electron chi connectivity index (χ4n) is 5.61. The molecule has 3 heterocycles. The summed E-state index contributed by atoms with van der Waals surface area (Å²) in [6.45, 7) is 1.96. The molecule has 0 bridgehead atoms. The number of ketones is 1. The number of allylic oxidation sites excluding steroid dienone is 2. The molecule has 0 saturated heterocycles. The standard InChI is InChI=1S/C29H24FNO6S/c1-2-35-29(34)27-20(24-4-3-11-38-24)13-21-26(28(27)33)19(16-5-10-22-23(12-16)37-15-36-22)14-25(32)31(21)18-8-6-17(30)7-9-18/h3-12,19-20,27H,2,13-15H2,1H3. The van der Waals surface area contributed by atoms with Crippen LogP contribution >= 0.6 is 11.3 Å². The van der Waals surface area contributed by atoms with Crippen molar-refractivity contribution >= 4 is 34.7 Å². The minimum atomic E-state index is -1.04. The molecular weight excluding hydrogens is 509 g/mol. The van der Waals surface area contributed by atoms with Crippen LogP contribution in [0.25, 0.3) is 0 Å². The number of ether oxygens (including phenoxy) is 3. The zero-order valence-electron chi connectivity index (χ0n) is 20.5. The van der Waals surface area contributed by atoms with Gasteiger partial charge in [-0.25, -0.2) is 4.39 Å². The number of anilines is 1. The molecule has 3 atom stereocenters. The van der Waals surface area contributed by atoms with Crippen molar-refractivity contribution in [3.63, 3.8) is 0 Å². The average Bonchev–Trinajstić information content (AvgIpc) is 3.61. The molecular formula is C29H24FNO6S. The maximum atomic E-state index is 14.3. The summed E-state index contributed by atoms with van der Waals surface area (Å²) < 4.78 is 30.1. The predicted octanol–water partition coefficient (Wildman–Crippen LogP) is 5.33. The fraction of sp³-hybridized carbons (Fsp3) is 0.276. The molecule has 9 heteroatoms. The summed E-state index contributed by atoms with van der Waals surface area (Å²) in [5, 5.41) is 1.89. The van der Waals surface area contributed by atoms with Crippen LogP contribution in [0.2, 0.25) is 0 Å². The smallest absolute Gasteiger partial charge is 0.317 e. The van der Waals surface area contributed by atoms with Crippen molar-refractivity contribution in [3.05, 3.63) is 87.5 Å². The molecule has 2 aliphatic heterocycles. The number of benzene rings is 2. The number of hydrogen-bond donors (Lipinski definition) is 0. The Bertz CT molecular complexity index is 1450. The molecule has 1 aromatic heterocycles. The molecule has 1 aliphatic carbocycles. The van der Waals surface area contributed by atoms with Crippen LogP contribution in [0.15, 0.2) is 71.2 Å². The van der Waals surface area contributed by atoms with E-state index < -0.39 is 29.5 Å². The Morgan fingerprint density at radius 2 is 1.87 bits per heavy atom. The summed E-state index contributed by atoms with van der Waals surface area (Å²) in [6.07, 6.45) is 0.274. The van der Waals surface area contributed by atoms with Gasteiger partial charge in [0.05, 0.1) is 6.61 Å². The second-order valence-corrected chi connectivity index (χ2v) is 10.3. The van der Waals surface area contributed by atoms with E-state index in [-0.39, 0.29) is 37.9 Å². The highest BCUT2D eigenvalue weighted by Gasteiger charge is 2.50. The second kappa shape index (κ2) is 9.72. The lowest BCUT2D eigenvalue weighted by molar-refractivity contribution is -0.152. The number of halogens is 1. The van der Waals surface area contributed by atoms with E-state index in [9.17, 15) is 18.8 Å². The molecule has 0 spiro atoms. The summed E-state index contributed by atoms with van der Waals surface area (Å²) in [4.78, 5) is 43.6. The Hall–Kier alpha value is -3.98. The third kappa shape index (κ3) is 4.07. The third-order valence-electron chi connectivity index (χ3n) is 7.25. The van der Waals surface area contributed by atoms with Crippen LogP contribution in [0, 0.1) is 11.7 Å². The van der Waals surface area contributed by atoms with E-state index in [1.165, 1.54) is 40.5 Å². The second-order valence-electron chi connectivity index (χ2n) is 9.36. The maximum absolute atomic E-state index is 14.3. The molecule has 3 aromatic rings. The van der Waals surface area contributed by atoms with Crippen molar-refractivity contribution in [2.24, 2.45) is 5.92 Å². The number of thiophene rings is 1. The van der Waals surface area contributed by atoms with E-state index in [2.05, 4.69) is 0 Å². The lowest BCUT2D eigenvalue weighted by Crippen LogP contribution is -2.46. The van der Waals surface area contributed by atoms with Gasteiger partial charge in [-0.15, -0.1) is 11.3 Å². The normalized spacial score (nSPS) is 22.5. The Morgan fingerprint density at radius 3 is 2.61 bits per heavy atom. The van der Waals surface area contributed by atoms with Gasteiger partial charge in [0.25, 0.3) is 0 Å². The number of amides is 1. The summed E-state index contributed by atoms with van der Waals surface area (Å²) in [6, 6.07) is 14.8. The molecule has 38 heavy (non-hydrogen) atoms. The quantitative estimate of drug-likeness (QED) is 0.326. The zero-order valence-corrected chi connectivity index (χ0v) is 21.3. The van der Waals surface area contributed by atoms with Gasteiger partial charge in [-0.1, -0.05) is 12.1 Å². The molecule has 1 amide bonds. The first kappa shape index (κ1) is 24.4. The molecule has 7 nitrogen and oxygen atoms in total. The SMILES string of the molecule is CCOC(=O)C1C(=O)C2=C(CC1c1cccs1)N(c1ccc(F)cc1)C(=O)CC2c1ccc2c(c1)OCO2. The number of rotatable bonds is 5. The van der Waals surface area contributed by atoms with E-state index in [1.807, 2.05) is 23.6 Å². The first-order valence-electron chi connectivity index (χ1n) is 12.4. The Balaban J connectivity index is 1.54. The molecule has 0 saturated carbocycles. The highest BCUT2D eigenvalue weighted by atomic mass is 32.1. The van der Waals surface area contributed by atoms with Crippen molar-refractivity contribution < 1.29 is 33.0 Å². The highest BCUT2D eigenvalue weighted by Crippen LogP contribution is 2.50. The number of hydrogen-bond acceptors (Lipinski definition) is 7.